The molecule has 10 nitrogen and oxygen atoms in total. The normalized spacial score (nSPS) is 15.7. The van der Waals surface area contributed by atoms with Crippen LogP contribution >= 0.6 is 11.6 Å². The van der Waals surface area contributed by atoms with Crippen LogP contribution in [0.3, 0.4) is 0 Å². The minimum Gasteiger partial charge on any atom is -0.350 e. The van der Waals surface area contributed by atoms with E-state index in [-0.39, 0.29) is 56.8 Å². The van der Waals surface area contributed by atoms with Crippen molar-refractivity contribution in [3.8, 4) is 16.9 Å². The summed E-state index contributed by atoms with van der Waals surface area (Å²) in [6.07, 6.45) is 2.50. The van der Waals surface area contributed by atoms with Crippen LogP contribution in [-0.2, 0) is 14.6 Å². The summed E-state index contributed by atoms with van der Waals surface area (Å²) in [5.74, 6) is -1.94. The highest BCUT2D eigenvalue weighted by atomic mass is 35.5. The Kier molecular flexibility index (Phi) is 8.05. The standard InChI is InChI=1S/C29H27ClF2N6O4S/c1-5-23(39)36-12-13-37(17(4)15-36)26-18-14-19(30)25(24-20(31)8-6-9-21(24)32)34-27(18)38(29(40)35-26)22-10-7-11-33-28(22)43(41,42)16(2)3/h5-11,14,16-17H,1,12-13,15H2,2-4H3/t17-/m0/s1. The molecule has 0 aliphatic carbocycles. The number of fused-ring (bicyclic) bond motifs is 1. The van der Waals surface area contributed by atoms with Crippen molar-refractivity contribution in [1.29, 1.82) is 0 Å². The highest BCUT2D eigenvalue weighted by molar-refractivity contribution is 7.92. The molecule has 4 aromatic rings. The first kappa shape index (κ1) is 30.2. The highest BCUT2D eigenvalue weighted by Crippen LogP contribution is 2.36. The number of halogens is 3. The Morgan fingerprint density at radius 3 is 2.47 bits per heavy atom. The molecule has 0 radical (unpaired) electrons. The molecule has 0 bridgehead atoms. The predicted octanol–water partition coefficient (Wildman–Crippen LogP) is 4.18. The van der Waals surface area contributed by atoms with E-state index in [9.17, 15) is 26.8 Å². The molecule has 5 rings (SSSR count). The third kappa shape index (κ3) is 5.27. The minimum atomic E-state index is -4.01. The fraction of sp³-hybridized carbons (Fsp3) is 0.276. The van der Waals surface area contributed by atoms with Crippen LogP contribution in [0.4, 0.5) is 14.6 Å². The summed E-state index contributed by atoms with van der Waals surface area (Å²) in [5.41, 5.74) is -1.97. The van der Waals surface area contributed by atoms with E-state index in [1.54, 1.807) is 9.80 Å². The van der Waals surface area contributed by atoms with Crippen LogP contribution in [0.2, 0.25) is 5.02 Å². The first-order chi connectivity index (χ1) is 20.4. The van der Waals surface area contributed by atoms with Gasteiger partial charge in [0.1, 0.15) is 17.5 Å². The third-order valence-corrected chi connectivity index (χ3v) is 9.65. The summed E-state index contributed by atoms with van der Waals surface area (Å²) in [6.45, 7) is 9.22. The molecular weight excluding hydrogens is 602 g/mol. The molecular formula is C29H27ClF2N6O4S. The molecule has 4 heterocycles. The number of amides is 1. The van der Waals surface area contributed by atoms with Crippen molar-refractivity contribution in [2.75, 3.05) is 24.5 Å². The summed E-state index contributed by atoms with van der Waals surface area (Å²) < 4.78 is 57.4. The number of anilines is 1. The Hall–Kier alpha value is -4.23. The number of carbonyl (C=O) groups is 1. The summed E-state index contributed by atoms with van der Waals surface area (Å²) in [4.78, 5) is 42.4. The van der Waals surface area contributed by atoms with Crippen LogP contribution in [0.15, 0.2) is 65.1 Å². The quantitative estimate of drug-likeness (QED) is 0.292. The van der Waals surface area contributed by atoms with Gasteiger partial charge in [0.25, 0.3) is 0 Å². The van der Waals surface area contributed by atoms with E-state index in [4.69, 9.17) is 11.6 Å². The maximum atomic E-state index is 14.9. The van der Waals surface area contributed by atoms with Crippen LogP contribution in [0.25, 0.3) is 28.0 Å². The second kappa shape index (κ2) is 11.5. The van der Waals surface area contributed by atoms with E-state index in [0.717, 1.165) is 16.7 Å². The Bertz CT molecular complexity index is 1930. The van der Waals surface area contributed by atoms with Gasteiger partial charge in [-0.3, -0.25) is 4.79 Å². The molecule has 224 valence electrons. The Morgan fingerprint density at radius 1 is 1.14 bits per heavy atom. The molecule has 0 N–H and O–H groups in total. The lowest BCUT2D eigenvalue weighted by Gasteiger charge is -2.40. The van der Waals surface area contributed by atoms with Gasteiger partial charge in [0, 0.05) is 31.9 Å². The highest BCUT2D eigenvalue weighted by Gasteiger charge is 2.32. The monoisotopic (exact) mass is 628 g/mol. The van der Waals surface area contributed by atoms with Crippen molar-refractivity contribution in [2.24, 2.45) is 0 Å². The minimum absolute atomic E-state index is 0.126. The predicted molar refractivity (Wildman–Crippen MR) is 159 cm³/mol. The van der Waals surface area contributed by atoms with E-state index in [1.165, 1.54) is 50.4 Å². The second-order valence-electron chi connectivity index (χ2n) is 10.3. The van der Waals surface area contributed by atoms with Crippen molar-refractivity contribution in [1.82, 2.24) is 24.4 Å². The van der Waals surface area contributed by atoms with Crippen molar-refractivity contribution in [2.45, 2.75) is 37.1 Å². The number of carbonyl (C=O) groups excluding carboxylic acids is 1. The summed E-state index contributed by atoms with van der Waals surface area (Å²) in [7, 11) is -4.01. The number of hydrogen-bond donors (Lipinski definition) is 0. The molecule has 0 unspecified atom stereocenters. The number of pyridine rings is 2. The molecule has 1 fully saturated rings. The molecule has 1 saturated heterocycles. The molecule has 43 heavy (non-hydrogen) atoms. The maximum Gasteiger partial charge on any atom is 0.355 e. The average Bonchev–Trinajstić information content (AvgIpc) is 2.96. The SMILES string of the molecule is C=CC(=O)N1CCN(c2nc(=O)n(-c3cccnc3S(=O)(=O)C(C)C)c3nc(-c4c(F)cccc4F)c(Cl)cc23)[C@@H](C)C1. The Morgan fingerprint density at radius 2 is 1.84 bits per heavy atom. The molecule has 1 aliphatic heterocycles. The van der Waals surface area contributed by atoms with Crippen LogP contribution < -0.4 is 10.6 Å². The van der Waals surface area contributed by atoms with Crippen molar-refractivity contribution in [3.63, 3.8) is 0 Å². The fourth-order valence-corrected chi connectivity index (χ4v) is 6.39. The lowest BCUT2D eigenvalue weighted by Crippen LogP contribution is -2.54. The maximum absolute atomic E-state index is 14.9. The zero-order valence-corrected chi connectivity index (χ0v) is 25.0. The summed E-state index contributed by atoms with van der Waals surface area (Å²) >= 11 is 6.59. The van der Waals surface area contributed by atoms with Crippen LogP contribution in [-0.4, -0.2) is 69.7 Å². The first-order valence-electron chi connectivity index (χ1n) is 13.3. The molecule has 1 aromatic carbocycles. The third-order valence-electron chi connectivity index (χ3n) is 7.27. The van der Waals surface area contributed by atoms with Gasteiger partial charge in [-0.2, -0.15) is 4.98 Å². The number of piperazine rings is 1. The van der Waals surface area contributed by atoms with Gasteiger partial charge in [-0.05, 0) is 57.2 Å². The van der Waals surface area contributed by atoms with Gasteiger partial charge in [-0.25, -0.2) is 36.5 Å². The molecule has 0 spiro atoms. The van der Waals surface area contributed by atoms with Gasteiger partial charge in [0.15, 0.2) is 20.5 Å². The molecule has 0 saturated carbocycles. The molecule has 1 aliphatic rings. The number of nitrogens with zero attached hydrogens (tertiary/aromatic N) is 6. The number of aromatic nitrogens is 4. The first-order valence-corrected chi connectivity index (χ1v) is 15.2. The number of sulfone groups is 1. The summed E-state index contributed by atoms with van der Waals surface area (Å²) in [5, 5.41) is -1.17. The largest absolute Gasteiger partial charge is 0.355 e. The fourth-order valence-electron chi connectivity index (χ4n) is 5.04. The molecule has 1 atom stereocenters. The number of rotatable bonds is 6. The molecule has 1 amide bonds. The van der Waals surface area contributed by atoms with Gasteiger partial charge in [-0.1, -0.05) is 24.2 Å². The van der Waals surface area contributed by atoms with Crippen LogP contribution in [0.1, 0.15) is 20.8 Å². The smallest absolute Gasteiger partial charge is 0.350 e. The average molecular weight is 629 g/mol. The van der Waals surface area contributed by atoms with Gasteiger partial charge in [0.05, 0.1) is 32.6 Å². The van der Waals surface area contributed by atoms with Gasteiger partial charge >= 0.3 is 5.69 Å². The van der Waals surface area contributed by atoms with E-state index in [1.807, 2.05) is 6.92 Å². The van der Waals surface area contributed by atoms with Gasteiger partial charge < -0.3 is 9.80 Å². The zero-order chi connectivity index (χ0) is 31.2. The van der Waals surface area contributed by atoms with Crippen LogP contribution in [0, 0.1) is 11.6 Å². The van der Waals surface area contributed by atoms with E-state index >= 15 is 0 Å². The lowest BCUT2D eigenvalue weighted by atomic mass is 10.1. The number of hydrogen-bond acceptors (Lipinski definition) is 8. The Labute approximate surface area is 251 Å². The number of benzene rings is 1. The van der Waals surface area contributed by atoms with Crippen LogP contribution in [0.5, 0.6) is 0 Å². The molecule has 3 aromatic heterocycles. The van der Waals surface area contributed by atoms with Gasteiger partial charge in [0.2, 0.25) is 5.91 Å². The summed E-state index contributed by atoms with van der Waals surface area (Å²) in [6, 6.07) is 7.19. The second-order valence-corrected chi connectivity index (χ2v) is 13.1. The van der Waals surface area contributed by atoms with Crippen molar-refractivity contribution in [3.05, 3.63) is 82.4 Å². The zero-order valence-electron chi connectivity index (χ0n) is 23.5. The van der Waals surface area contributed by atoms with Gasteiger partial charge in [-0.15, -0.1) is 0 Å². The molecule has 14 heteroatoms. The van der Waals surface area contributed by atoms with Crippen molar-refractivity contribution >= 4 is 44.2 Å². The van der Waals surface area contributed by atoms with Crippen molar-refractivity contribution < 1.29 is 22.0 Å². The Balaban J connectivity index is 1.84. The topological polar surface area (TPSA) is 118 Å². The van der Waals surface area contributed by atoms with E-state index < -0.39 is 38.0 Å². The van der Waals surface area contributed by atoms with E-state index in [0.29, 0.717) is 13.1 Å². The van der Waals surface area contributed by atoms with E-state index in [2.05, 4.69) is 21.5 Å². The lowest BCUT2D eigenvalue weighted by molar-refractivity contribution is -0.126.